The minimum absolute atomic E-state index is 0. The number of carbonyl (C=O) groups excluding carboxylic acids is 1. The zero-order valence-corrected chi connectivity index (χ0v) is 14.8. The van der Waals surface area contributed by atoms with E-state index in [1.807, 2.05) is 12.1 Å². The number of benzene rings is 1. The van der Waals surface area contributed by atoms with Gasteiger partial charge in [-0.2, -0.15) is 0 Å². The van der Waals surface area contributed by atoms with E-state index in [2.05, 4.69) is 10.3 Å². The number of aromatic nitrogens is 1. The van der Waals surface area contributed by atoms with Crippen LogP contribution in [0.1, 0.15) is 31.4 Å². The van der Waals surface area contributed by atoms with Crippen LogP contribution in [0.5, 0.6) is 0 Å². The predicted molar refractivity (Wildman–Crippen MR) is 96.3 cm³/mol. The van der Waals surface area contributed by atoms with Crippen molar-refractivity contribution >= 4 is 29.9 Å². The summed E-state index contributed by atoms with van der Waals surface area (Å²) in [6.07, 6.45) is 5.58. The molecule has 0 bridgehead atoms. The minimum Gasteiger partial charge on any atom is -0.444 e. The Morgan fingerprint density at radius 2 is 1.92 bits per heavy atom. The van der Waals surface area contributed by atoms with Crippen LogP contribution in [0.3, 0.4) is 0 Å². The maximum absolute atomic E-state index is 12.1. The number of nitrogens with two attached hydrogens (primary N) is 1. The van der Waals surface area contributed by atoms with Crippen LogP contribution < -0.4 is 11.1 Å². The van der Waals surface area contributed by atoms with E-state index in [9.17, 15) is 4.79 Å². The predicted octanol–water partition coefficient (Wildman–Crippen LogP) is 3.35. The van der Waals surface area contributed by atoms with Crippen molar-refractivity contribution < 1.29 is 9.21 Å². The highest BCUT2D eigenvalue weighted by atomic mass is 35.5. The van der Waals surface area contributed by atoms with Crippen molar-refractivity contribution in [1.82, 2.24) is 10.3 Å². The van der Waals surface area contributed by atoms with Crippen LogP contribution >= 0.6 is 24.0 Å². The number of nitrogens with one attached hydrogen (secondary N) is 1. The third kappa shape index (κ3) is 4.97. The van der Waals surface area contributed by atoms with Crippen molar-refractivity contribution in [2.75, 3.05) is 0 Å². The SMILES string of the molecule is Cl.NC1CCC(NC(=O)Cc2coc(-c3ccc(Cl)cc3)n2)CC1. The number of rotatable bonds is 4. The average molecular weight is 370 g/mol. The van der Waals surface area contributed by atoms with E-state index in [0.717, 1.165) is 31.2 Å². The third-order valence-corrected chi connectivity index (χ3v) is 4.37. The van der Waals surface area contributed by atoms with Crippen LogP contribution in [0.25, 0.3) is 11.5 Å². The van der Waals surface area contributed by atoms with Crippen molar-refractivity contribution in [3.8, 4) is 11.5 Å². The Kier molecular flexibility index (Phi) is 6.66. The number of halogens is 2. The second-order valence-electron chi connectivity index (χ2n) is 6.01. The number of hydrogen-bond donors (Lipinski definition) is 2. The summed E-state index contributed by atoms with van der Waals surface area (Å²) in [6, 6.07) is 7.74. The highest BCUT2D eigenvalue weighted by Crippen LogP contribution is 2.21. The summed E-state index contributed by atoms with van der Waals surface area (Å²) < 4.78 is 5.44. The lowest BCUT2D eigenvalue weighted by atomic mass is 9.92. The molecule has 2 aromatic rings. The van der Waals surface area contributed by atoms with Gasteiger partial charge >= 0.3 is 0 Å². The topological polar surface area (TPSA) is 81.1 Å². The molecular formula is C17H21Cl2N3O2. The molecule has 1 heterocycles. The van der Waals surface area contributed by atoms with Gasteiger partial charge in [-0.05, 0) is 49.9 Å². The number of oxazole rings is 1. The van der Waals surface area contributed by atoms with Crippen LogP contribution in [-0.4, -0.2) is 23.0 Å². The molecule has 3 rings (SSSR count). The van der Waals surface area contributed by atoms with Gasteiger partial charge in [-0.15, -0.1) is 12.4 Å². The minimum atomic E-state index is -0.0265. The number of nitrogens with zero attached hydrogens (tertiary/aromatic N) is 1. The zero-order chi connectivity index (χ0) is 16.2. The summed E-state index contributed by atoms with van der Waals surface area (Å²) in [4.78, 5) is 16.5. The first-order chi connectivity index (χ1) is 11.1. The number of carbonyl (C=O) groups is 1. The Balaban J connectivity index is 0.00000208. The molecule has 1 saturated carbocycles. The quantitative estimate of drug-likeness (QED) is 0.865. The molecule has 1 aromatic carbocycles. The zero-order valence-electron chi connectivity index (χ0n) is 13.2. The molecule has 0 aliphatic heterocycles. The molecule has 3 N–H and O–H groups in total. The van der Waals surface area contributed by atoms with Crippen LogP contribution in [0.15, 0.2) is 34.9 Å². The van der Waals surface area contributed by atoms with E-state index in [1.165, 1.54) is 6.26 Å². The summed E-state index contributed by atoms with van der Waals surface area (Å²) in [7, 11) is 0. The second-order valence-corrected chi connectivity index (χ2v) is 6.44. The van der Waals surface area contributed by atoms with Gasteiger partial charge < -0.3 is 15.5 Å². The molecular weight excluding hydrogens is 349 g/mol. The molecule has 7 heteroatoms. The first-order valence-corrected chi connectivity index (χ1v) is 8.23. The number of amides is 1. The van der Waals surface area contributed by atoms with Crippen LogP contribution in [0.4, 0.5) is 0 Å². The standard InChI is InChI=1S/C17H20ClN3O2.ClH/c18-12-3-1-11(2-4-12)17-21-15(10-23-17)9-16(22)20-14-7-5-13(19)6-8-14;/h1-4,10,13-14H,5-9,19H2,(H,20,22);1H. The Morgan fingerprint density at radius 3 is 2.58 bits per heavy atom. The summed E-state index contributed by atoms with van der Waals surface area (Å²) in [5.74, 6) is 0.467. The maximum atomic E-state index is 12.1. The Morgan fingerprint density at radius 1 is 1.25 bits per heavy atom. The molecule has 130 valence electrons. The van der Waals surface area contributed by atoms with Crippen LogP contribution in [0.2, 0.25) is 5.02 Å². The summed E-state index contributed by atoms with van der Waals surface area (Å²) in [6.45, 7) is 0. The van der Waals surface area contributed by atoms with E-state index >= 15 is 0 Å². The highest BCUT2D eigenvalue weighted by molar-refractivity contribution is 6.30. The fourth-order valence-corrected chi connectivity index (χ4v) is 2.95. The Labute approximate surface area is 152 Å². The molecule has 1 aliphatic carbocycles. The molecule has 1 amide bonds. The molecule has 1 aromatic heterocycles. The van der Waals surface area contributed by atoms with Gasteiger partial charge in [-0.25, -0.2) is 4.98 Å². The first kappa shape index (κ1) is 18.8. The third-order valence-electron chi connectivity index (χ3n) is 4.12. The first-order valence-electron chi connectivity index (χ1n) is 7.85. The van der Waals surface area contributed by atoms with Gasteiger partial charge in [0.15, 0.2) is 0 Å². The van der Waals surface area contributed by atoms with Gasteiger partial charge in [0.05, 0.1) is 12.1 Å². The van der Waals surface area contributed by atoms with Crippen molar-refractivity contribution in [3.63, 3.8) is 0 Å². The fraction of sp³-hybridized carbons (Fsp3) is 0.412. The van der Waals surface area contributed by atoms with Crippen molar-refractivity contribution in [2.24, 2.45) is 5.73 Å². The van der Waals surface area contributed by atoms with Gasteiger partial charge in [-0.3, -0.25) is 4.79 Å². The second kappa shape index (κ2) is 8.51. The van der Waals surface area contributed by atoms with Gasteiger partial charge in [0, 0.05) is 22.7 Å². The monoisotopic (exact) mass is 369 g/mol. The molecule has 1 fully saturated rings. The van der Waals surface area contributed by atoms with Crippen molar-refractivity contribution in [1.29, 1.82) is 0 Å². The van der Waals surface area contributed by atoms with E-state index in [1.54, 1.807) is 12.1 Å². The fourth-order valence-electron chi connectivity index (χ4n) is 2.82. The molecule has 0 saturated heterocycles. The summed E-state index contributed by atoms with van der Waals surface area (Å²) in [5.41, 5.74) is 7.34. The van der Waals surface area contributed by atoms with Gasteiger partial charge in [-0.1, -0.05) is 11.6 Å². The molecule has 0 radical (unpaired) electrons. The lowest BCUT2D eigenvalue weighted by Crippen LogP contribution is -2.41. The van der Waals surface area contributed by atoms with Crippen LogP contribution in [0, 0.1) is 0 Å². The van der Waals surface area contributed by atoms with Crippen molar-refractivity contribution in [3.05, 3.63) is 41.2 Å². The molecule has 24 heavy (non-hydrogen) atoms. The van der Waals surface area contributed by atoms with E-state index < -0.39 is 0 Å². The normalized spacial score (nSPS) is 20.2. The Hall–Kier alpha value is -1.56. The number of hydrogen-bond acceptors (Lipinski definition) is 4. The lowest BCUT2D eigenvalue weighted by molar-refractivity contribution is -0.121. The van der Waals surface area contributed by atoms with Gasteiger partial charge in [0.1, 0.15) is 6.26 Å². The lowest BCUT2D eigenvalue weighted by Gasteiger charge is -2.26. The molecule has 1 aliphatic rings. The van der Waals surface area contributed by atoms with Gasteiger partial charge in [0.25, 0.3) is 0 Å². The smallest absolute Gasteiger partial charge is 0.226 e. The summed E-state index contributed by atoms with van der Waals surface area (Å²) in [5, 5.41) is 3.71. The highest BCUT2D eigenvalue weighted by Gasteiger charge is 2.20. The van der Waals surface area contributed by atoms with Crippen LogP contribution in [-0.2, 0) is 11.2 Å². The largest absolute Gasteiger partial charge is 0.444 e. The average Bonchev–Trinajstić information content (AvgIpc) is 2.98. The van der Waals surface area contributed by atoms with E-state index in [-0.39, 0.29) is 36.8 Å². The van der Waals surface area contributed by atoms with E-state index in [0.29, 0.717) is 16.6 Å². The molecule has 0 spiro atoms. The molecule has 0 unspecified atom stereocenters. The van der Waals surface area contributed by atoms with E-state index in [4.69, 9.17) is 21.8 Å². The summed E-state index contributed by atoms with van der Waals surface area (Å²) >= 11 is 5.86. The van der Waals surface area contributed by atoms with Gasteiger partial charge in [0.2, 0.25) is 11.8 Å². The molecule has 5 nitrogen and oxygen atoms in total. The molecule has 0 atom stereocenters. The van der Waals surface area contributed by atoms with Crippen molar-refractivity contribution in [2.45, 2.75) is 44.2 Å². The Bertz CT molecular complexity index is 665. The maximum Gasteiger partial charge on any atom is 0.226 e.